The summed E-state index contributed by atoms with van der Waals surface area (Å²) in [6, 6.07) is 12.7. The fourth-order valence-electron chi connectivity index (χ4n) is 2.31. The van der Waals surface area contributed by atoms with Gasteiger partial charge in [0.1, 0.15) is 0 Å². The van der Waals surface area contributed by atoms with E-state index in [1.54, 1.807) is 26.3 Å². The SMILES string of the molecule is CCOc1cc(NC(=NC)NCc2ccc(C(N)=O)cc2)ccc1OC.I. The predicted molar refractivity (Wildman–Crippen MR) is 118 cm³/mol. The Morgan fingerprint density at radius 2 is 1.85 bits per heavy atom. The lowest BCUT2D eigenvalue weighted by atomic mass is 10.1. The smallest absolute Gasteiger partial charge is 0.248 e. The molecule has 0 unspecified atom stereocenters. The number of nitrogens with two attached hydrogens (primary N) is 1. The average Bonchev–Trinajstić information content (AvgIpc) is 2.66. The van der Waals surface area contributed by atoms with Gasteiger partial charge in [0.05, 0.1) is 13.7 Å². The third-order valence-electron chi connectivity index (χ3n) is 3.65. The van der Waals surface area contributed by atoms with Crippen LogP contribution < -0.4 is 25.8 Å². The van der Waals surface area contributed by atoms with E-state index in [1.807, 2.05) is 37.3 Å². The summed E-state index contributed by atoms with van der Waals surface area (Å²) in [4.78, 5) is 15.3. The van der Waals surface area contributed by atoms with Gasteiger partial charge in [0, 0.05) is 30.9 Å². The summed E-state index contributed by atoms with van der Waals surface area (Å²) in [7, 11) is 3.30. The number of carbonyl (C=O) groups is 1. The molecular formula is C19H25IN4O3. The number of hydrogen-bond donors (Lipinski definition) is 3. The lowest BCUT2D eigenvalue weighted by molar-refractivity contribution is 0.100. The Hall–Kier alpha value is -2.49. The summed E-state index contributed by atoms with van der Waals surface area (Å²) in [5, 5.41) is 6.42. The van der Waals surface area contributed by atoms with E-state index in [-0.39, 0.29) is 24.0 Å². The maximum absolute atomic E-state index is 11.1. The first-order valence-electron chi connectivity index (χ1n) is 8.24. The Balaban J connectivity index is 0.00000364. The number of ether oxygens (including phenoxy) is 2. The molecule has 2 aromatic carbocycles. The number of rotatable bonds is 7. The molecule has 1 amide bonds. The number of nitrogens with zero attached hydrogens (tertiary/aromatic N) is 1. The first kappa shape index (κ1) is 22.6. The minimum absolute atomic E-state index is 0. The molecule has 0 aliphatic carbocycles. The largest absolute Gasteiger partial charge is 0.493 e. The third kappa shape index (κ3) is 6.63. The van der Waals surface area contributed by atoms with Crippen LogP contribution in [-0.2, 0) is 6.54 Å². The van der Waals surface area contributed by atoms with Crippen molar-refractivity contribution in [1.29, 1.82) is 0 Å². The number of aliphatic imine (C=N–C) groups is 1. The second-order valence-electron chi connectivity index (χ2n) is 5.41. The number of methoxy groups -OCH3 is 1. The average molecular weight is 484 g/mol. The maximum atomic E-state index is 11.1. The van der Waals surface area contributed by atoms with Gasteiger partial charge in [-0.25, -0.2) is 0 Å². The molecule has 0 aliphatic heterocycles. The molecule has 27 heavy (non-hydrogen) atoms. The van der Waals surface area contributed by atoms with Crippen molar-refractivity contribution in [3.8, 4) is 11.5 Å². The molecule has 7 nitrogen and oxygen atoms in total. The second-order valence-corrected chi connectivity index (χ2v) is 5.41. The van der Waals surface area contributed by atoms with E-state index in [1.165, 1.54) is 0 Å². The zero-order chi connectivity index (χ0) is 18.9. The Morgan fingerprint density at radius 3 is 2.41 bits per heavy atom. The van der Waals surface area contributed by atoms with Crippen LogP contribution in [0.1, 0.15) is 22.8 Å². The summed E-state index contributed by atoms with van der Waals surface area (Å²) in [5.74, 6) is 1.51. The normalized spacial score (nSPS) is 10.6. The van der Waals surface area contributed by atoms with Gasteiger partial charge in [-0.15, -0.1) is 24.0 Å². The second kappa shape index (κ2) is 11.3. The van der Waals surface area contributed by atoms with E-state index in [0.717, 1.165) is 11.3 Å². The summed E-state index contributed by atoms with van der Waals surface area (Å²) < 4.78 is 10.9. The number of benzene rings is 2. The first-order chi connectivity index (χ1) is 12.6. The Morgan fingerprint density at radius 1 is 1.15 bits per heavy atom. The summed E-state index contributed by atoms with van der Waals surface area (Å²) in [6.07, 6.45) is 0. The fourth-order valence-corrected chi connectivity index (χ4v) is 2.31. The molecule has 0 bridgehead atoms. The monoisotopic (exact) mass is 484 g/mol. The van der Waals surface area contributed by atoms with Crippen molar-refractivity contribution in [2.45, 2.75) is 13.5 Å². The highest BCUT2D eigenvalue weighted by Crippen LogP contribution is 2.30. The zero-order valence-corrected chi connectivity index (χ0v) is 17.9. The van der Waals surface area contributed by atoms with Crippen LogP contribution in [0.3, 0.4) is 0 Å². The molecule has 0 saturated heterocycles. The zero-order valence-electron chi connectivity index (χ0n) is 15.6. The summed E-state index contributed by atoms with van der Waals surface area (Å²) >= 11 is 0. The quantitative estimate of drug-likeness (QED) is 0.319. The number of hydrogen-bond acceptors (Lipinski definition) is 4. The lowest BCUT2D eigenvalue weighted by Gasteiger charge is -2.15. The lowest BCUT2D eigenvalue weighted by Crippen LogP contribution is -2.30. The Labute approximate surface area is 176 Å². The van der Waals surface area contributed by atoms with Crippen molar-refractivity contribution in [2.24, 2.45) is 10.7 Å². The van der Waals surface area contributed by atoms with E-state index in [0.29, 0.717) is 36.2 Å². The maximum Gasteiger partial charge on any atom is 0.248 e. The summed E-state index contributed by atoms with van der Waals surface area (Å²) in [5.41, 5.74) is 7.56. The molecule has 2 rings (SSSR count). The van der Waals surface area contributed by atoms with Crippen LogP contribution >= 0.6 is 24.0 Å². The fraction of sp³-hybridized carbons (Fsp3) is 0.263. The molecular weight excluding hydrogens is 459 g/mol. The number of halogens is 1. The van der Waals surface area contributed by atoms with Crippen LogP contribution in [-0.4, -0.2) is 32.6 Å². The summed E-state index contributed by atoms with van der Waals surface area (Å²) in [6.45, 7) is 3.02. The van der Waals surface area contributed by atoms with Gasteiger partial charge in [0.15, 0.2) is 17.5 Å². The van der Waals surface area contributed by atoms with Crippen molar-refractivity contribution in [1.82, 2.24) is 5.32 Å². The molecule has 2 aromatic rings. The minimum Gasteiger partial charge on any atom is -0.493 e. The van der Waals surface area contributed by atoms with Gasteiger partial charge in [-0.05, 0) is 36.8 Å². The van der Waals surface area contributed by atoms with E-state index < -0.39 is 5.91 Å². The molecule has 0 radical (unpaired) electrons. The molecule has 0 aromatic heterocycles. The molecule has 0 aliphatic rings. The number of carbonyl (C=O) groups excluding carboxylic acids is 1. The van der Waals surface area contributed by atoms with Crippen LogP contribution in [0, 0.1) is 0 Å². The molecule has 0 spiro atoms. The Kier molecular flexibility index (Phi) is 9.41. The number of anilines is 1. The van der Waals surface area contributed by atoms with Gasteiger partial charge in [-0.1, -0.05) is 12.1 Å². The van der Waals surface area contributed by atoms with Gasteiger partial charge in [0.2, 0.25) is 5.91 Å². The van der Waals surface area contributed by atoms with Crippen molar-refractivity contribution < 1.29 is 14.3 Å². The van der Waals surface area contributed by atoms with Gasteiger partial charge in [-0.2, -0.15) is 0 Å². The molecule has 4 N–H and O–H groups in total. The standard InChI is InChI=1S/C19H24N4O3.HI/c1-4-26-17-11-15(9-10-16(17)25-3)23-19(21-2)22-12-13-5-7-14(8-6-13)18(20)24;/h5-11H,4,12H2,1-3H3,(H2,20,24)(H2,21,22,23);1H. The minimum atomic E-state index is -0.438. The molecule has 0 heterocycles. The number of amides is 1. The van der Waals surface area contributed by atoms with Crippen LogP contribution in [0.4, 0.5) is 5.69 Å². The molecule has 0 fully saturated rings. The van der Waals surface area contributed by atoms with Gasteiger partial charge >= 0.3 is 0 Å². The van der Waals surface area contributed by atoms with Gasteiger partial charge in [-0.3, -0.25) is 9.79 Å². The van der Waals surface area contributed by atoms with Gasteiger partial charge < -0.3 is 25.8 Å². The number of nitrogens with one attached hydrogen (secondary N) is 2. The van der Waals surface area contributed by atoms with Crippen molar-refractivity contribution >= 4 is 41.5 Å². The highest BCUT2D eigenvalue weighted by atomic mass is 127. The number of guanidine groups is 1. The topological polar surface area (TPSA) is 98.0 Å². The van der Waals surface area contributed by atoms with Crippen molar-refractivity contribution in [2.75, 3.05) is 26.1 Å². The van der Waals surface area contributed by atoms with Crippen LogP contribution in [0.2, 0.25) is 0 Å². The van der Waals surface area contributed by atoms with Crippen molar-refractivity contribution in [3.05, 3.63) is 53.6 Å². The predicted octanol–water partition coefficient (Wildman–Crippen LogP) is 3.00. The van der Waals surface area contributed by atoms with Gasteiger partial charge in [0.25, 0.3) is 0 Å². The van der Waals surface area contributed by atoms with Crippen LogP contribution in [0.15, 0.2) is 47.5 Å². The first-order valence-corrected chi connectivity index (χ1v) is 8.24. The van der Waals surface area contributed by atoms with E-state index >= 15 is 0 Å². The molecule has 0 atom stereocenters. The molecule has 146 valence electrons. The third-order valence-corrected chi connectivity index (χ3v) is 3.65. The molecule has 0 saturated carbocycles. The number of primary amides is 1. The van der Waals surface area contributed by atoms with E-state index in [4.69, 9.17) is 15.2 Å². The van der Waals surface area contributed by atoms with Crippen LogP contribution in [0.5, 0.6) is 11.5 Å². The molecule has 8 heteroatoms. The highest BCUT2D eigenvalue weighted by molar-refractivity contribution is 14.0. The Bertz CT molecular complexity index is 779. The highest BCUT2D eigenvalue weighted by Gasteiger charge is 2.07. The van der Waals surface area contributed by atoms with Crippen LogP contribution in [0.25, 0.3) is 0 Å². The van der Waals surface area contributed by atoms with Crippen molar-refractivity contribution in [3.63, 3.8) is 0 Å². The van der Waals surface area contributed by atoms with E-state index in [9.17, 15) is 4.79 Å². The van der Waals surface area contributed by atoms with E-state index in [2.05, 4.69) is 15.6 Å².